The first-order valence-electron chi connectivity index (χ1n) is 14.0. The summed E-state index contributed by atoms with van der Waals surface area (Å²) in [5.74, 6) is -1.12. The van der Waals surface area contributed by atoms with Crippen LogP contribution in [0.2, 0.25) is 0 Å². The highest BCUT2D eigenvalue weighted by atomic mass is 16.6. The summed E-state index contributed by atoms with van der Waals surface area (Å²) >= 11 is 0. The van der Waals surface area contributed by atoms with Gasteiger partial charge in [0, 0.05) is 29.7 Å². The Labute approximate surface area is 246 Å². The Morgan fingerprint density at radius 3 is 1.88 bits per heavy atom. The second kappa shape index (κ2) is 12.2. The maximum atomic E-state index is 13.8. The molecular formula is C33H39N3O6. The van der Waals surface area contributed by atoms with E-state index in [4.69, 9.17) is 14.5 Å². The topological polar surface area (TPSA) is 118 Å². The molecule has 3 aromatic rings. The minimum atomic E-state index is -1.14. The number of ether oxygens (including phenoxy) is 2. The lowest BCUT2D eigenvalue weighted by Crippen LogP contribution is -2.57. The highest BCUT2D eigenvalue weighted by Gasteiger charge is 2.46. The number of nitrogens with one attached hydrogen (secondary N) is 1. The molecule has 4 rings (SSSR count). The Hall–Kier alpha value is -4.40. The van der Waals surface area contributed by atoms with Gasteiger partial charge in [0.05, 0.1) is 17.9 Å². The zero-order valence-corrected chi connectivity index (χ0v) is 25.0. The number of hydrogen-bond donors (Lipinski definition) is 2. The molecule has 0 bridgehead atoms. The molecule has 3 atom stereocenters. The van der Waals surface area contributed by atoms with Crippen LogP contribution in [0.25, 0.3) is 22.5 Å². The first-order chi connectivity index (χ1) is 19.7. The standard InChI is InChI=1S/C33H39N3O6/c1-32(2,3)28(35-31(40)42-33(4,5)6)29(37)36-20-24(19-27(36)30(38)39)41-23-17-25(21-13-9-7-10-14-21)34-26(18-23)22-15-11-8-12-16-22/h7-18,24,27-28H,19-20H2,1-6H3,(H,35,40)(H,38,39)/t24-,27+,28-/m1/s1. The first-order valence-corrected chi connectivity index (χ1v) is 14.0. The van der Waals surface area contributed by atoms with Gasteiger partial charge in [0.15, 0.2) is 0 Å². The van der Waals surface area contributed by atoms with Gasteiger partial charge >= 0.3 is 12.1 Å². The largest absolute Gasteiger partial charge is 0.488 e. The zero-order chi connectivity index (χ0) is 30.7. The average molecular weight is 574 g/mol. The third kappa shape index (κ3) is 7.66. The van der Waals surface area contributed by atoms with Gasteiger partial charge in [-0.2, -0.15) is 0 Å². The molecule has 1 fully saturated rings. The molecule has 9 nitrogen and oxygen atoms in total. The number of carbonyl (C=O) groups excluding carboxylic acids is 2. The number of carboxylic acid groups (broad SMARTS) is 1. The van der Waals surface area contributed by atoms with E-state index in [1.165, 1.54) is 4.90 Å². The van der Waals surface area contributed by atoms with Crippen LogP contribution in [-0.2, 0) is 14.3 Å². The van der Waals surface area contributed by atoms with Crippen LogP contribution in [0.15, 0.2) is 72.8 Å². The number of carboxylic acids is 1. The number of pyridine rings is 1. The van der Waals surface area contributed by atoms with Crippen LogP contribution in [0.4, 0.5) is 4.79 Å². The lowest BCUT2D eigenvalue weighted by molar-refractivity contribution is -0.150. The van der Waals surface area contributed by atoms with Crippen molar-refractivity contribution >= 4 is 18.0 Å². The van der Waals surface area contributed by atoms with Gasteiger partial charge in [0.1, 0.15) is 29.5 Å². The molecule has 2 heterocycles. The number of nitrogens with zero attached hydrogens (tertiary/aromatic N) is 2. The van der Waals surface area contributed by atoms with E-state index < -0.39 is 47.2 Å². The second-order valence-corrected chi connectivity index (χ2v) is 12.6. The summed E-state index contributed by atoms with van der Waals surface area (Å²) in [6, 6.07) is 21.0. The first kappa shape index (κ1) is 30.6. The highest BCUT2D eigenvalue weighted by molar-refractivity contribution is 5.90. The van der Waals surface area contributed by atoms with Gasteiger partial charge in [-0.05, 0) is 26.2 Å². The van der Waals surface area contributed by atoms with Crippen LogP contribution in [0, 0.1) is 5.41 Å². The quantitative estimate of drug-likeness (QED) is 0.367. The highest BCUT2D eigenvalue weighted by Crippen LogP contribution is 2.32. The molecule has 1 saturated heterocycles. The van der Waals surface area contributed by atoms with Gasteiger partial charge in [0.2, 0.25) is 5.91 Å². The summed E-state index contributed by atoms with van der Waals surface area (Å²) in [6.45, 7) is 10.7. The fraction of sp³-hybridized carbons (Fsp3) is 0.394. The number of rotatable bonds is 7. The molecule has 0 radical (unpaired) electrons. The van der Waals surface area contributed by atoms with E-state index >= 15 is 0 Å². The van der Waals surface area contributed by atoms with Crippen molar-refractivity contribution in [2.24, 2.45) is 5.41 Å². The van der Waals surface area contributed by atoms with Crippen molar-refractivity contribution in [2.75, 3.05) is 6.54 Å². The fourth-order valence-corrected chi connectivity index (χ4v) is 4.88. The molecule has 0 saturated carbocycles. The molecule has 2 aromatic carbocycles. The number of hydrogen-bond acceptors (Lipinski definition) is 6. The van der Waals surface area contributed by atoms with Crippen LogP contribution in [-0.4, -0.2) is 63.3 Å². The van der Waals surface area contributed by atoms with Crippen LogP contribution in [0.1, 0.15) is 48.0 Å². The number of benzene rings is 2. The third-order valence-corrected chi connectivity index (χ3v) is 6.85. The van der Waals surface area contributed by atoms with Crippen molar-refractivity contribution in [2.45, 2.75) is 71.8 Å². The minimum Gasteiger partial charge on any atom is -0.488 e. The number of carbonyl (C=O) groups is 3. The van der Waals surface area contributed by atoms with Crippen LogP contribution in [0.5, 0.6) is 5.75 Å². The van der Waals surface area contributed by atoms with Crippen molar-refractivity contribution in [3.8, 4) is 28.3 Å². The maximum Gasteiger partial charge on any atom is 0.408 e. The van der Waals surface area contributed by atoms with Gasteiger partial charge in [0.25, 0.3) is 0 Å². The molecule has 2 N–H and O–H groups in total. The predicted molar refractivity (Wildman–Crippen MR) is 160 cm³/mol. The molecule has 1 aromatic heterocycles. The Kier molecular flexibility index (Phi) is 8.89. The summed E-state index contributed by atoms with van der Waals surface area (Å²) in [5.41, 5.74) is 1.77. The molecule has 222 valence electrons. The van der Waals surface area contributed by atoms with Gasteiger partial charge < -0.3 is 24.8 Å². The van der Waals surface area contributed by atoms with Gasteiger partial charge in [-0.3, -0.25) is 4.79 Å². The Morgan fingerprint density at radius 2 is 1.43 bits per heavy atom. The molecule has 2 amide bonds. The summed E-state index contributed by atoms with van der Waals surface area (Å²) in [6.07, 6.45) is -1.24. The van der Waals surface area contributed by atoms with E-state index in [1.807, 2.05) is 72.8 Å². The molecule has 1 aliphatic rings. The van der Waals surface area contributed by atoms with E-state index in [0.29, 0.717) is 17.1 Å². The SMILES string of the molecule is CC(C)(C)OC(=O)N[C@H](C(=O)N1C[C@H](Oc2cc(-c3ccccc3)nc(-c3ccccc3)c2)C[C@H]1C(=O)O)C(C)(C)C. The van der Waals surface area contributed by atoms with Crippen molar-refractivity contribution in [3.63, 3.8) is 0 Å². The maximum absolute atomic E-state index is 13.8. The van der Waals surface area contributed by atoms with E-state index in [-0.39, 0.29) is 13.0 Å². The molecule has 1 aliphatic heterocycles. The van der Waals surface area contributed by atoms with E-state index in [9.17, 15) is 19.5 Å². The number of alkyl carbamates (subject to hydrolysis) is 1. The van der Waals surface area contributed by atoms with Crippen LogP contribution >= 0.6 is 0 Å². The van der Waals surface area contributed by atoms with E-state index in [1.54, 1.807) is 41.5 Å². The molecule has 0 unspecified atom stereocenters. The molecule has 0 spiro atoms. The van der Waals surface area contributed by atoms with Gasteiger partial charge in [-0.15, -0.1) is 0 Å². The summed E-state index contributed by atoms with van der Waals surface area (Å²) in [5, 5.41) is 12.7. The van der Waals surface area contributed by atoms with Crippen molar-refractivity contribution < 1.29 is 29.0 Å². The Bertz CT molecular complexity index is 1360. The van der Waals surface area contributed by atoms with Crippen LogP contribution < -0.4 is 10.1 Å². The second-order valence-electron chi connectivity index (χ2n) is 12.6. The number of likely N-dealkylation sites (tertiary alicyclic amines) is 1. The Morgan fingerprint density at radius 1 is 0.905 bits per heavy atom. The zero-order valence-electron chi connectivity index (χ0n) is 25.0. The van der Waals surface area contributed by atoms with Gasteiger partial charge in [-0.1, -0.05) is 81.4 Å². The summed E-state index contributed by atoms with van der Waals surface area (Å²) < 4.78 is 11.7. The minimum absolute atomic E-state index is 0.0437. The van der Waals surface area contributed by atoms with Crippen LogP contribution in [0.3, 0.4) is 0 Å². The molecule has 9 heteroatoms. The number of aromatic nitrogens is 1. The number of amides is 2. The van der Waals surface area contributed by atoms with Crippen molar-refractivity contribution in [1.29, 1.82) is 0 Å². The molecule has 42 heavy (non-hydrogen) atoms. The monoisotopic (exact) mass is 573 g/mol. The lowest BCUT2D eigenvalue weighted by atomic mass is 9.85. The number of aliphatic carboxylic acids is 1. The predicted octanol–water partition coefficient (Wildman–Crippen LogP) is 5.79. The third-order valence-electron chi connectivity index (χ3n) is 6.85. The van der Waals surface area contributed by atoms with E-state index in [2.05, 4.69) is 5.32 Å². The molecular weight excluding hydrogens is 534 g/mol. The van der Waals surface area contributed by atoms with Gasteiger partial charge in [-0.25, -0.2) is 14.6 Å². The summed E-state index contributed by atoms with van der Waals surface area (Å²) in [7, 11) is 0. The molecule has 0 aliphatic carbocycles. The lowest BCUT2D eigenvalue weighted by Gasteiger charge is -2.35. The summed E-state index contributed by atoms with van der Waals surface area (Å²) in [4.78, 5) is 44.9. The normalized spacial score (nSPS) is 17.8. The van der Waals surface area contributed by atoms with Crippen molar-refractivity contribution in [1.82, 2.24) is 15.2 Å². The van der Waals surface area contributed by atoms with E-state index in [0.717, 1.165) is 11.1 Å². The average Bonchev–Trinajstić information content (AvgIpc) is 3.35. The van der Waals surface area contributed by atoms with Crippen molar-refractivity contribution in [3.05, 3.63) is 72.8 Å². The Balaban J connectivity index is 1.61. The smallest absolute Gasteiger partial charge is 0.408 e. The fourth-order valence-electron chi connectivity index (χ4n) is 4.88.